The van der Waals surface area contributed by atoms with Gasteiger partial charge in [0.1, 0.15) is 18.5 Å². The molecule has 7 heteroatoms. The monoisotopic (exact) mass is 287 g/mol. The van der Waals surface area contributed by atoms with Crippen LogP contribution in [0.2, 0.25) is 0 Å². The van der Waals surface area contributed by atoms with Crippen molar-refractivity contribution in [2.75, 3.05) is 18.0 Å². The molecule has 0 aromatic carbocycles. The molecule has 1 saturated heterocycles. The van der Waals surface area contributed by atoms with E-state index in [-0.39, 0.29) is 5.69 Å². The number of aromatic carboxylic acids is 1. The highest BCUT2D eigenvalue weighted by Crippen LogP contribution is 2.23. The first-order valence-electron chi connectivity index (χ1n) is 7.00. The Bertz CT molecular complexity index is 606. The molecule has 0 amide bonds. The molecule has 2 aromatic heterocycles. The zero-order valence-electron chi connectivity index (χ0n) is 11.6. The van der Waals surface area contributed by atoms with Gasteiger partial charge in [-0.15, -0.1) is 0 Å². The van der Waals surface area contributed by atoms with Crippen LogP contribution < -0.4 is 4.90 Å². The van der Waals surface area contributed by atoms with Crippen LogP contribution in [0.15, 0.2) is 30.9 Å². The summed E-state index contributed by atoms with van der Waals surface area (Å²) in [4.78, 5) is 21.3. The van der Waals surface area contributed by atoms with E-state index in [1.807, 2.05) is 10.7 Å². The van der Waals surface area contributed by atoms with Crippen molar-refractivity contribution in [3.63, 3.8) is 0 Å². The van der Waals surface area contributed by atoms with Gasteiger partial charge in [0.15, 0.2) is 5.69 Å². The lowest BCUT2D eigenvalue weighted by molar-refractivity contribution is 0.0690. The number of nitrogens with zero attached hydrogens (tertiary/aromatic N) is 5. The standard InChI is InChI=1S/C14H17N5O2/c20-14(21)12-2-1-3-13(17-12)18-6-4-11(5-7-18)8-19-10-15-9-16-19/h1-3,9-11H,4-8H2,(H,20,21). The Morgan fingerprint density at radius 2 is 2.14 bits per heavy atom. The Hall–Kier alpha value is -2.44. The molecule has 1 fully saturated rings. The van der Waals surface area contributed by atoms with Crippen LogP contribution >= 0.6 is 0 Å². The van der Waals surface area contributed by atoms with Crippen LogP contribution in [0.3, 0.4) is 0 Å². The molecule has 0 spiro atoms. The van der Waals surface area contributed by atoms with Gasteiger partial charge in [0.2, 0.25) is 0 Å². The summed E-state index contributed by atoms with van der Waals surface area (Å²) in [5, 5.41) is 13.1. The van der Waals surface area contributed by atoms with Crippen molar-refractivity contribution < 1.29 is 9.90 Å². The lowest BCUT2D eigenvalue weighted by Gasteiger charge is -2.32. The van der Waals surface area contributed by atoms with E-state index in [0.29, 0.717) is 5.92 Å². The minimum Gasteiger partial charge on any atom is -0.477 e. The summed E-state index contributed by atoms with van der Waals surface area (Å²) in [7, 11) is 0. The number of hydrogen-bond acceptors (Lipinski definition) is 5. The summed E-state index contributed by atoms with van der Waals surface area (Å²) in [6, 6.07) is 5.13. The van der Waals surface area contributed by atoms with Crippen molar-refractivity contribution >= 4 is 11.8 Å². The second-order valence-electron chi connectivity index (χ2n) is 5.23. The molecular formula is C14H17N5O2. The molecule has 1 aliphatic heterocycles. The number of aromatic nitrogens is 4. The van der Waals surface area contributed by atoms with E-state index in [9.17, 15) is 4.79 Å². The van der Waals surface area contributed by atoms with E-state index < -0.39 is 5.97 Å². The smallest absolute Gasteiger partial charge is 0.354 e. The second kappa shape index (κ2) is 5.90. The first-order valence-corrected chi connectivity index (χ1v) is 7.00. The maximum absolute atomic E-state index is 11.0. The van der Waals surface area contributed by atoms with E-state index in [1.165, 1.54) is 6.07 Å². The molecule has 110 valence electrons. The minimum atomic E-state index is -0.988. The molecule has 0 atom stereocenters. The van der Waals surface area contributed by atoms with E-state index in [4.69, 9.17) is 5.11 Å². The number of piperidine rings is 1. The van der Waals surface area contributed by atoms with E-state index in [1.54, 1.807) is 18.7 Å². The summed E-state index contributed by atoms with van der Waals surface area (Å²) in [5.74, 6) is 0.331. The average molecular weight is 287 g/mol. The topological polar surface area (TPSA) is 84.1 Å². The SMILES string of the molecule is O=C(O)c1cccc(N2CCC(Cn3cncn3)CC2)n1. The van der Waals surface area contributed by atoms with Gasteiger partial charge < -0.3 is 10.0 Å². The lowest BCUT2D eigenvalue weighted by Crippen LogP contribution is -2.35. The van der Waals surface area contributed by atoms with Crippen LogP contribution in [-0.4, -0.2) is 43.9 Å². The Morgan fingerprint density at radius 3 is 2.81 bits per heavy atom. The van der Waals surface area contributed by atoms with Crippen LogP contribution in [0.25, 0.3) is 0 Å². The van der Waals surface area contributed by atoms with Gasteiger partial charge >= 0.3 is 5.97 Å². The zero-order valence-corrected chi connectivity index (χ0v) is 11.6. The fraction of sp³-hybridized carbons (Fsp3) is 0.429. The number of carboxylic acids is 1. The quantitative estimate of drug-likeness (QED) is 0.912. The molecule has 1 aliphatic rings. The van der Waals surface area contributed by atoms with Crippen LogP contribution in [0.5, 0.6) is 0 Å². The first kappa shape index (κ1) is 13.5. The summed E-state index contributed by atoms with van der Waals surface area (Å²) < 4.78 is 1.86. The maximum atomic E-state index is 11.0. The molecule has 0 bridgehead atoms. The van der Waals surface area contributed by atoms with Gasteiger partial charge in [0, 0.05) is 19.6 Å². The Kier molecular flexibility index (Phi) is 3.81. The highest BCUT2D eigenvalue weighted by molar-refractivity contribution is 5.85. The molecule has 0 aliphatic carbocycles. The van der Waals surface area contributed by atoms with Crippen LogP contribution in [0, 0.1) is 5.92 Å². The predicted molar refractivity (Wildman–Crippen MR) is 76.2 cm³/mol. The third-order valence-corrected chi connectivity index (χ3v) is 3.80. The Balaban J connectivity index is 1.60. The van der Waals surface area contributed by atoms with Gasteiger partial charge in [0.25, 0.3) is 0 Å². The van der Waals surface area contributed by atoms with E-state index in [0.717, 1.165) is 38.3 Å². The van der Waals surface area contributed by atoms with Gasteiger partial charge in [-0.05, 0) is 30.9 Å². The number of carboxylic acid groups (broad SMARTS) is 1. The van der Waals surface area contributed by atoms with Crippen molar-refractivity contribution in [2.45, 2.75) is 19.4 Å². The summed E-state index contributed by atoms with van der Waals surface area (Å²) >= 11 is 0. The first-order chi connectivity index (χ1) is 10.2. The number of rotatable bonds is 4. The van der Waals surface area contributed by atoms with Crippen molar-refractivity contribution in [3.05, 3.63) is 36.5 Å². The molecule has 0 radical (unpaired) electrons. The largest absolute Gasteiger partial charge is 0.477 e. The third-order valence-electron chi connectivity index (χ3n) is 3.80. The van der Waals surface area contributed by atoms with Crippen LogP contribution in [0.1, 0.15) is 23.3 Å². The normalized spacial score (nSPS) is 16.1. The van der Waals surface area contributed by atoms with Crippen molar-refractivity contribution in [3.8, 4) is 0 Å². The molecule has 7 nitrogen and oxygen atoms in total. The molecular weight excluding hydrogens is 270 g/mol. The zero-order chi connectivity index (χ0) is 14.7. The van der Waals surface area contributed by atoms with Crippen LogP contribution in [-0.2, 0) is 6.54 Å². The average Bonchev–Trinajstić information content (AvgIpc) is 3.01. The van der Waals surface area contributed by atoms with Crippen molar-refractivity contribution in [1.29, 1.82) is 0 Å². The highest BCUT2D eigenvalue weighted by Gasteiger charge is 2.21. The third kappa shape index (κ3) is 3.18. The number of hydrogen-bond donors (Lipinski definition) is 1. The number of pyridine rings is 1. The minimum absolute atomic E-state index is 0.0947. The van der Waals surface area contributed by atoms with E-state index in [2.05, 4.69) is 20.0 Å². The Morgan fingerprint density at radius 1 is 1.33 bits per heavy atom. The van der Waals surface area contributed by atoms with Gasteiger partial charge in [-0.1, -0.05) is 6.07 Å². The molecule has 3 heterocycles. The lowest BCUT2D eigenvalue weighted by atomic mass is 9.97. The van der Waals surface area contributed by atoms with Gasteiger partial charge in [0.05, 0.1) is 0 Å². The summed E-state index contributed by atoms with van der Waals surface area (Å²) in [6.07, 6.45) is 5.37. The number of anilines is 1. The van der Waals surface area contributed by atoms with Gasteiger partial charge in [-0.25, -0.2) is 14.8 Å². The highest BCUT2D eigenvalue weighted by atomic mass is 16.4. The van der Waals surface area contributed by atoms with Crippen molar-refractivity contribution in [1.82, 2.24) is 19.7 Å². The Labute approximate surface area is 122 Å². The second-order valence-corrected chi connectivity index (χ2v) is 5.23. The molecule has 3 rings (SSSR count). The molecule has 2 aromatic rings. The maximum Gasteiger partial charge on any atom is 0.354 e. The molecule has 21 heavy (non-hydrogen) atoms. The number of carbonyl (C=O) groups is 1. The van der Waals surface area contributed by atoms with Gasteiger partial charge in [-0.2, -0.15) is 5.10 Å². The molecule has 1 N–H and O–H groups in total. The summed E-state index contributed by atoms with van der Waals surface area (Å²) in [5.41, 5.74) is 0.0947. The molecule has 0 unspecified atom stereocenters. The predicted octanol–water partition coefficient (Wildman–Crippen LogP) is 1.29. The fourth-order valence-corrected chi connectivity index (χ4v) is 2.65. The molecule has 0 saturated carbocycles. The van der Waals surface area contributed by atoms with Crippen LogP contribution in [0.4, 0.5) is 5.82 Å². The van der Waals surface area contributed by atoms with Crippen molar-refractivity contribution in [2.24, 2.45) is 5.92 Å². The van der Waals surface area contributed by atoms with E-state index >= 15 is 0 Å². The summed E-state index contributed by atoms with van der Waals surface area (Å²) in [6.45, 7) is 2.65. The van der Waals surface area contributed by atoms with Gasteiger partial charge in [-0.3, -0.25) is 4.68 Å². The fourth-order valence-electron chi connectivity index (χ4n) is 2.65.